The van der Waals surface area contributed by atoms with Crippen molar-refractivity contribution in [2.24, 2.45) is 5.73 Å². The van der Waals surface area contributed by atoms with Gasteiger partial charge in [0, 0.05) is 36.5 Å². The number of amides is 5. The van der Waals surface area contributed by atoms with E-state index in [1.165, 1.54) is 29.2 Å². The first-order valence-electron chi connectivity index (χ1n) is 15.1. The number of primary amides is 1. The van der Waals surface area contributed by atoms with E-state index < -0.39 is 47.7 Å². The number of hydrogen-bond acceptors (Lipinski definition) is 12. The maximum absolute atomic E-state index is 13.8. The quantitative estimate of drug-likeness (QED) is 0.178. The third kappa shape index (κ3) is 5.43. The molecule has 1 saturated heterocycles. The summed E-state index contributed by atoms with van der Waals surface area (Å²) in [5.41, 5.74) is 7.37. The van der Waals surface area contributed by atoms with Gasteiger partial charge in [-0.15, -0.1) is 5.10 Å². The molecule has 252 valence electrons. The smallest absolute Gasteiger partial charge is 0.303 e. The van der Waals surface area contributed by atoms with E-state index in [2.05, 4.69) is 19.8 Å². The molecule has 7 rings (SSSR count). The van der Waals surface area contributed by atoms with Gasteiger partial charge in [0.2, 0.25) is 6.10 Å². The van der Waals surface area contributed by atoms with Crippen LogP contribution in [-0.2, 0) is 23.9 Å². The van der Waals surface area contributed by atoms with E-state index in [-0.39, 0.29) is 51.4 Å². The fraction of sp³-hybridized carbons (Fsp3) is 0.182. The number of carbonyl (C=O) groups is 6. The van der Waals surface area contributed by atoms with Crippen LogP contribution in [0.2, 0.25) is 0 Å². The molecule has 1 fully saturated rings. The lowest BCUT2D eigenvalue weighted by atomic mass is 10.1. The van der Waals surface area contributed by atoms with Crippen LogP contribution < -0.4 is 20.9 Å². The van der Waals surface area contributed by atoms with Gasteiger partial charge in [0.15, 0.2) is 17.7 Å². The second kappa shape index (κ2) is 12.6. The molecule has 2 aliphatic rings. The number of anilines is 3. The van der Waals surface area contributed by atoms with Gasteiger partial charge in [-0.3, -0.25) is 38.7 Å². The summed E-state index contributed by atoms with van der Waals surface area (Å²) in [6.07, 6.45) is -0.127. The number of pyridine rings is 1. The van der Waals surface area contributed by atoms with Crippen molar-refractivity contribution in [1.29, 1.82) is 0 Å². The Morgan fingerprint density at radius 3 is 2.40 bits per heavy atom. The third-order valence-electron chi connectivity index (χ3n) is 8.14. The summed E-state index contributed by atoms with van der Waals surface area (Å²) in [6, 6.07) is 14.3. The molecule has 17 heteroatoms. The lowest BCUT2D eigenvalue weighted by Crippen LogP contribution is -2.56. The van der Waals surface area contributed by atoms with Crippen molar-refractivity contribution in [3.05, 3.63) is 89.4 Å². The van der Waals surface area contributed by atoms with E-state index in [4.69, 9.17) is 15.2 Å². The average molecular weight is 695 g/mol. The molecule has 0 saturated carbocycles. The van der Waals surface area contributed by atoms with E-state index in [0.29, 0.717) is 5.82 Å². The Kier molecular flexibility index (Phi) is 8.12. The molecule has 0 spiro atoms. The van der Waals surface area contributed by atoms with E-state index in [1.807, 2.05) is 6.92 Å². The fourth-order valence-corrected chi connectivity index (χ4v) is 6.82. The van der Waals surface area contributed by atoms with Crippen LogP contribution in [0.3, 0.4) is 0 Å². The maximum Gasteiger partial charge on any atom is 0.303 e. The highest BCUT2D eigenvalue weighted by Crippen LogP contribution is 2.39. The molecule has 5 heterocycles. The molecule has 0 bridgehead atoms. The maximum atomic E-state index is 13.8. The monoisotopic (exact) mass is 694 g/mol. The second-order valence-corrected chi connectivity index (χ2v) is 12.1. The molecule has 5 aromatic rings. The van der Waals surface area contributed by atoms with Gasteiger partial charge in [0.1, 0.15) is 0 Å². The number of ether oxygens (including phenoxy) is 2. The molecule has 3 N–H and O–H groups in total. The van der Waals surface area contributed by atoms with Gasteiger partial charge in [-0.25, -0.2) is 9.58 Å². The SMILES string of the molecule is CC(=O)OC(C(=O)Nc1ccc2c(N3C(=O)c4ccccc4C3=O)nsc2c1C(N)=O)C1OCCN(c2cc(C)n(-c3ccncc3)n2)C1=O. The van der Waals surface area contributed by atoms with Crippen molar-refractivity contribution in [3.63, 3.8) is 0 Å². The van der Waals surface area contributed by atoms with E-state index in [1.54, 1.807) is 47.4 Å². The molecule has 2 aromatic carbocycles. The van der Waals surface area contributed by atoms with Crippen LogP contribution in [0, 0.1) is 6.92 Å². The van der Waals surface area contributed by atoms with Crippen molar-refractivity contribution in [2.45, 2.75) is 26.1 Å². The minimum atomic E-state index is -1.78. The molecule has 16 nitrogen and oxygen atoms in total. The molecular formula is C33H26N8O8S. The predicted molar refractivity (Wildman–Crippen MR) is 178 cm³/mol. The number of hydrogen-bond donors (Lipinski definition) is 2. The molecule has 50 heavy (non-hydrogen) atoms. The number of aryl methyl sites for hydroxylation is 1. The Balaban J connectivity index is 1.18. The van der Waals surface area contributed by atoms with Crippen LogP contribution in [0.25, 0.3) is 15.8 Å². The topological polar surface area (TPSA) is 209 Å². The third-order valence-corrected chi connectivity index (χ3v) is 9.01. The van der Waals surface area contributed by atoms with Crippen LogP contribution in [0.5, 0.6) is 0 Å². The van der Waals surface area contributed by atoms with Gasteiger partial charge in [0.05, 0.1) is 45.9 Å². The second-order valence-electron chi connectivity index (χ2n) is 11.3. The first-order chi connectivity index (χ1) is 24.0. The summed E-state index contributed by atoms with van der Waals surface area (Å²) in [4.78, 5) is 85.1. The van der Waals surface area contributed by atoms with Crippen LogP contribution >= 0.6 is 11.5 Å². The number of nitrogens with two attached hydrogens (primary N) is 1. The summed E-state index contributed by atoms with van der Waals surface area (Å²) in [5, 5.41) is 7.37. The van der Waals surface area contributed by atoms with Gasteiger partial charge in [-0.05, 0) is 54.9 Å². The molecule has 2 unspecified atom stereocenters. The number of morpholine rings is 1. The van der Waals surface area contributed by atoms with Crippen molar-refractivity contribution in [3.8, 4) is 5.69 Å². The Labute approximate surface area is 286 Å². The zero-order valence-corrected chi connectivity index (χ0v) is 27.2. The lowest BCUT2D eigenvalue weighted by molar-refractivity contribution is -0.167. The van der Waals surface area contributed by atoms with E-state index in [0.717, 1.165) is 34.7 Å². The van der Waals surface area contributed by atoms with Crippen LogP contribution in [-0.4, -0.2) is 80.0 Å². The molecule has 3 aromatic heterocycles. The van der Waals surface area contributed by atoms with Gasteiger partial charge in [0.25, 0.3) is 29.5 Å². The number of rotatable bonds is 8. The minimum Gasteiger partial charge on any atom is -0.449 e. The Bertz CT molecular complexity index is 2220. The highest BCUT2D eigenvalue weighted by Gasteiger charge is 2.44. The Morgan fingerprint density at radius 2 is 1.74 bits per heavy atom. The number of nitrogens with zero attached hydrogens (tertiary/aromatic N) is 6. The number of aromatic nitrogens is 4. The lowest BCUT2D eigenvalue weighted by Gasteiger charge is -2.34. The highest BCUT2D eigenvalue weighted by atomic mass is 32.1. The average Bonchev–Trinajstić information content (AvgIpc) is 3.77. The van der Waals surface area contributed by atoms with E-state index >= 15 is 0 Å². The Morgan fingerprint density at radius 1 is 1.04 bits per heavy atom. The number of nitrogens with one attached hydrogen (secondary N) is 1. The molecule has 5 amide bonds. The number of benzene rings is 2. The molecular weight excluding hydrogens is 668 g/mol. The Hall–Kier alpha value is -6.33. The van der Waals surface area contributed by atoms with Crippen LogP contribution in [0.1, 0.15) is 43.7 Å². The van der Waals surface area contributed by atoms with Gasteiger partial charge < -0.3 is 20.5 Å². The first-order valence-corrected chi connectivity index (χ1v) is 15.9. The number of esters is 1. The standard InChI is InChI=1S/C33H26N8O8S/c1-16-15-23(37-41(16)18-9-11-35-12-10-18)39-13-14-48-26(33(39)47)25(49-17(2)42)30(44)36-22-8-7-21-27(24(22)28(34)43)50-38-29(21)40-31(45)19-5-3-4-6-20(19)32(40)46/h3-12,15,25-26H,13-14H2,1-2H3,(H2,34,43)(H,36,44). The highest BCUT2D eigenvalue weighted by molar-refractivity contribution is 7.14. The summed E-state index contributed by atoms with van der Waals surface area (Å²) >= 11 is 0.795. The van der Waals surface area contributed by atoms with Crippen LogP contribution in [0.4, 0.5) is 17.3 Å². The fourth-order valence-electron chi connectivity index (χ4n) is 5.91. The van der Waals surface area contributed by atoms with Crippen molar-refractivity contribution < 1.29 is 38.2 Å². The molecule has 0 aliphatic carbocycles. The van der Waals surface area contributed by atoms with Crippen molar-refractivity contribution >= 4 is 74.4 Å². The molecule has 2 aliphatic heterocycles. The van der Waals surface area contributed by atoms with Crippen LogP contribution in [0.15, 0.2) is 67.0 Å². The largest absolute Gasteiger partial charge is 0.449 e. The number of imide groups is 1. The van der Waals surface area contributed by atoms with Gasteiger partial charge >= 0.3 is 5.97 Å². The van der Waals surface area contributed by atoms with Crippen molar-refractivity contribution in [1.82, 2.24) is 19.1 Å². The summed E-state index contributed by atoms with van der Waals surface area (Å²) < 4.78 is 17.1. The van der Waals surface area contributed by atoms with E-state index in [9.17, 15) is 28.8 Å². The summed E-state index contributed by atoms with van der Waals surface area (Å²) in [7, 11) is 0. The summed E-state index contributed by atoms with van der Waals surface area (Å²) in [5.74, 6) is -4.35. The number of fused-ring (bicyclic) bond motifs is 2. The normalized spacial score (nSPS) is 16.4. The summed E-state index contributed by atoms with van der Waals surface area (Å²) in [6.45, 7) is 2.99. The minimum absolute atomic E-state index is 0.00253. The van der Waals surface area contributed by atoms with Crippen molar-refractivity contribution in [2.75, 3.05) is 28.3 Å². The molecule has 0 radical (unpaired) electrons. The van der Waals surface area contributed by atoms with Gasteiger partial charge in [-0.1, -0.05) is 12.1 Å². The zero-order valence-electron chi connectivity index (χ0n) is 26.4. The van der Waals surface area contributed by atoms with Gasteiger partial charge in [-0.2, -0.15) is 4.37 Å². The number of carbonyl (C=O) groups excluding carboxylic acids is 6. The first kappa shape index (κ1) is 32.2. The predicted octanol–water partition coefficient (Wildman–Crippen LogP) is 2.39. The zero-order chi connectivity index (χ0) is 35.3. The molecule has 2 atom stereocenters.